The molecule has 0 bridgehead atoms. The van der Waals surface area contributed by atoms with Crippen molar-refractivity contribution in [2.45, 2.75) is 58.8 Å². The molecule has 0 unspecified atom stereocenters. The van der Waals surface area contributed by atoms with Gasteiger partial charge in [-0.15, -0.1) is 0 Å². The Labute approximate surface area is 199 Å². The van der Waals surface area contributed by atoms with Crippen molar-refractivity contribution in [3.63, 3.8) is 0 Å². The normalized spacial score (nSPS) is 11.9. The summed E-state index contributed by atoms with van der Waals surface area (Å²) in [6, 6.07) is 33.2. The molecule has 4 aromatic carbocycles. The molecule has 0 fully saturated rings. The summed E-state index contributed by atoms with van der Waals surface area (Å²) in [5.74, 6) is 0. The van der Waals surface area contributed by atoms with Gasteiger partial charge in [0, 0.05) is 0 Å². The Bertz CT molecular complexity index is 1160. The van der Waals surface area contributed by atoms with Crippen LogP contribution in [0.3, 0.4) is 0 Å². The third kappa shape index (κ3) is 4.40. The van der Waals surface area contributed by atoms with Crippen LogP contribution in [0.2, 0.25) is 0 Å². The molecule has 0 saturated carbocycles. The zero-order valence-electron chi connectivity index (χ0n) is 20.0. The highest BCUT2D eigenvalue weighted by atomic mass is 14.2. The average molecular weight is 430 g/mol. The van der Waals surface area contributed by atoms with Crippen LogP contribution in [0.1, 0.15) is 61.8 Å². The minimum atomic E-state index is 0.973. The molecule has 1 aliphatic carbocycles. The van der Waals surface area contributed by atoms with Crippen LogP contribution in [-0.2, 0) is 19.3 Å². The van der Waals surface area contributed by atoms with E-state index in [1.54, 1.807) is 0 Å². The van der Waals surface area contributed by atoms with E-state index in [0.717, 1.165) is 19.3 Å². The highest BCUT2D eigenvalue weighted by molar-refractivity contribution is 5.83. The molecule has 0 nitrogen and oxygen atoms in total. The minimum Gasteiger partial charge on any atom is -0.0654 e. The number of fused-ring (bicyclic) bond motifs is 3. The van der Waals surface area contributed by atoms with Crippen LogP contribution < -0.4 is 0 Å². The smallest absolute Gasteiger partial charge is 0.000684 e. The number of hydrogen-bond donors (Lipinski definition) is 0. The molecule has 0 heteroatoms. The third-order valence-electron chi connectivity index (χ3n) is 7.03. The van der Waals surface area contributed by atoms with Gasteiger partial charge in [-0.2, -0.15) is 0 Å². The predicted molar refractivity (Wildman–Crippen MR) is 142 cm³/mol. The summed E-state index contributed by atoms with van der Waals surface area (Å²) >= 11 is 0. The first-order chi connectivity index (χ1) is 16.3. The van der Waals surface area contributed by atoms with Crippen molar-refractivity contribution in [1.29, 1.82) is 0 Å². The van der Waals surface area contributed by atoms with Crippen LogP contribution in [0.25, 0.3) is 33.4 Å². The van der Waals surface area contributed by atoms with Crippen molar-refractivity contribution >= 4 is 0 Å². The van der Waals surface area contributed by atoms with E-state index >= 15 is 0 Å². The van der Waals surface area contributed by atoms with Crippen molar-refractivity contribution in [3.8, 4) is 33.4 Å². The highest BCUT2D eigenvalue weighted by Crippen LogP contribution is 2.41. The molecule has 0 amide bonds. The fourth-order valence-electron chi connectivity index (χ4n) is 5.20. The number of rotatable bonds is 8. The molecule has 5 rings (SSSR count). The summed E-state index contributed by atoms with van der Waals surface area (Å²) in [5, 5.41) is 0. The van der Waals surface area contributed by atoms with Gasteiger partial charge < -0.3 is 0 Å². The van der Waals surface area contributed by atoms with Gasteiger partial charge in [-0.25, -0.2) is 0 Å². The van der Waals surface area contributed by atoms with E-state index in [4.69, 9.17) is 0 Å². The first-order valence-electron chi connectivity index (χ1n) is 12.6. The van der Waals surface area contributed by atoms with Crippen LogP contribution in [-0.4, -0.2) is 0 Å². The predicted octanol–water partition coefficient (Wildman–Crippen LogP) is 9.08. The van der Waals surface area contributed by atoms with E-state index < -0.39 is 0 Å². The Kier molecular flexibility index (Phi) is 6.44. The first-order valence-corrected chi connectivity index (χ1v) is 12.6. The quantitative estimate of drug-likeness (QED) is 0.231. The van der Waals surface area contributed by atoms with Crippen LogP contribution in [0.5, 0.6) is 0 Å². The summed E-state index contributed by atoms with van der Waals surface area (Å²) in [6.07, 6.45) is 8.19. The number of hydrogen-bond acceptors (Lipinski definition) is 0. The second kappa shape index (κ2) is 9.79. The Morgan fingerprint density at radius 2 is 1.27 bits per heavy atom. The second-order valence-electron chi connectivity index (χ2n) is 9.33. The van der Waals surface area contributed by atoms with E-state index in [0.29, 0.717) is 0 Å². The average Bonchev–Trinajstić information content (AvgIpc) is 3.23. The lowest BCUT2D eigenvalue weighted by molar-refractivity contribution is 0.796. The number of aryl methyl sites for hydroxylation is 2. The van der Waals surface area contributed by atoms with Gasteiger partial charge in [0.25, 0.3) is 0 Å². The maximum absolute atomic E-state index is 3.80. The van der Waals surface area contributed by atoms with Gasteiger partial charge in [-0.3, -0.25) is 0 Å². The van der Waals surface area contributed by atoms with Gasteiger partial charge in [-0.05, 0) is 93.8 Å². The molecule has 0 N–H and O–H groups in total. The molecule has 1 radical (unpaired) electrons. The van der Waals surface area contributed by atoms with Gasteiger partial charge in [0.05, 0.1) is 0 Å². The molecule has 0 aromatic heterocycles. The molecule has 0 spiro atoms. The van der Waals surface area contributed by atoms with Crippen molar-refractivity contribution in [2.24, 2.45) is 0 Å². The number of benzene rings is 4. The zero-order chi connectivity index (χ0) is 22.6. The lowest BCUT2D eigenvalue weighted by atomic mass is 9.93. The van der Waals surface area contributed by atoms with Gasteiger partial charge in [0.2, 0.25) is 0 Å². The van der Waals surface area contributed by atoms with Crippen LogP contribution in [0.4, 0.5) is 0 Å². The first kappa shape index (κ1) is 21.7. The van der Waals surface area contributed by atoms with Gasteiger partial charge >= 0.3 is 0 Å². The van der Waals surface area contributed by atoms with E-state index in [9.17, 15) is 0 Å². The number of unbranched alkanes of at least 4 members (excludes halogenated alkanes) is 2. The fraction of sp³-hybridized carbons (Fsp3) is 0.273. The Morgan fingerprint density at radius 3 is 2.00 bits per heavy atom. The van der Waals surface area contributed by atoms with Gasteiger partial charge in [-0.1, -0.05) is 106 Å². The molecule has 33 heavy (non-hydrogen) atoms. The maximum Gasteiger partial charge on any atom is -0.000684 e. The van der Waals surface area contributed by atoms with Gasteiger partial charge in [0.1, 0.15) is 0 Å². The summed E-state index contributed by atoms with van der Waals surface area (Å²) in [7, 11) is 0. The molecular formula is C33H33. The molecule has 4 aromatic rings. The summed E-state index contributed by atoms with van der Waals surface area (Å²) in [4.78, 5) is 0. The second-order valence-corrected chi connectivity index (χ2v) is 9.33. The molecule has 0 heterocycles. The van der Waals surface area contributed by atoms with E-state index in [1.807, 2.05) is 0 Å². The topological polar surface area (TPSA) is 0 Å². The van der Waals surface area contributed by atoms with Gasteiger partial charge in [0.15, 0.2) is 0 Å². The lowest BCUT2D eigenvalue weighted by Crippen LogP contribution is -1.92. The maximum atomic E-state index is 3.80. The Hall–Kier alpha value is -3.12. The highest BCUT2D eigenvalue weighted by Gasteiger charge is 2.20. The van der Waals surface area contributed by atoms with E-state index in [2.05, 4.69) is 98.8 Å². The molecule has 0 atom stereocenters. The van der Waals surface area contributed by atoms with Crippen molar-refractivity contribution in [2.75, 3.05) is 0 Å². The summed E-state index contributed by atoms with van der Waals surface area (Å²) in [6.45, 7) is 4.53. The molecule has 165 valence electrons. The molecule has 1 aliphatic rings. The van der Waals surface area contributed by atoms with Crippen LogP contribution >= 0.6 is 0 Å². The van der Waals surface area contributed by atoms with Crippen molar-refractivity contribution in [1.82, 2.24) is 0 Å². The van der Waals surface area contributed by atoms with Crippen LogP contribution in [0.15, 0.2) is 78.9 Å². The SMILES string of the molecule is CCCCc1ccccc1-c1[c]c2c(cc1)-c1ccc(-c3ccccc3CCCC)cc1C2. The summed E-state index contributed by atoms with van der Waals surface area (Å²) in [5.41, 5.74) is 13.7. The van der Waals surface area contributed by atoms with Crippen molar-refractivity contribution in [3.05, 3.63) is 107 Å². The largest absolute Gasteiger partial charge is 0.0654 e. The molecular weight excluding hydrogens is 396 g/mol. The summed E-state index contributed by atoms with van der Waals surface area (Å²) < 4.78 is 0. The third-order valence-corrected chi connectivity index (χ3v) is 7.03. The Morgan fingerprint density at radius 1 is 0.636 bits per heavy atom. The van der Waals surface area contributed by atoms with Crippen molar-refractivity contribution < 1.29 is 0 Å². The Balaban J connectivity index is 1.46. The minimum absolute atomic E-state index is 0.973. The fourth-order valence-corrected chi connectivity index (χ4v) is 5.20. The monoisotopic (exact) mass is 429 g/mol. The van der Waals surface area contributed by atoms with E-state index in [-0.39, 0.29) is 0 Å². The van der Waals surface area contributed by atoms with Crippen LogP contribution in [0, 0.1) is 6.07 Å². The van der Waals surface area contributed by atoms with E-state index in [1.165, 1.54) is 81.3 Å². The zero-order valence-corrected chi connectivity index (χ0v) is 20.0. The standard InChI is InChI=1S/C33H33/c1-3-5-11-24-13-7-9-15-30(24)26-17-19-32-28(21-26)23-29-22-27(18-20-33(29)32)31-16-10-8-14-25(31)12-6-4-2/h7-10,13-21H,3-6,11-12,23H2,1-2H3. The molecule has 0 aliphatic heterocycles. The molecule has 0 saturated heterocycles. The lowest BCUT2D eigenvalue weighted by Gasteiger charge is -2.11.